The molecule has 0 unspecified atom stereocenters. The summed E-state index contributed by atoms with van der Waals surface area (Å²) in [4.78, 5) is 4.38. The summed E-state index contributed by atoms with van der Waals surface area (Å²) in [5.41, 5.74) is 3.09. The molecule has 0 atom stereocenters. The first-order valence-electron chi connectivity index (χ1n) is 7.16. The van der Waals surface area contributed by atoms with Gasteiger partial charge in [-0.3, -0.25) is 0 Å². The van der Waals surface area contributed by atoms with Crippen molar-refractivity contribution in [3.8, 4) is 5.75 Å². The molecule has 22 heavy (non-hydrogen) atoms. The smallest absolute Gasteiger partial charge is 0.218 e. The second-order valence-corrected chi connectivity index (χ2v) is 5.02. The molecule has 0 N–H and O–H groups in total. The van der Waals surface area contributed by atoms with E-state index in [1.165, 1.54) is 5.56 Å². The average molecular weight is 291 g/mol. The molecule has 3 aromatic rings. The number of benzene rings is 2. The maximum absolute atomic E-state index is 5.68. The Bertz CT molecular complexity index is 743. The summed E-state index contributed by atoms with van der Waals surface area (Å²) in [5.74, 6) is 1.40. The lowest BCUT2D eigenvalue weighted by atomic mass is 10.2. The number of nitrogens with zero attached hydrogens (tertiary/aromatic N) is 1. The van der Waals surface area contributed by atoms with E-state index in [2.05, 4.69) is 4.98 Å². The highest BCUT2D eigenvalue weighted by molar-refractivity contribution is 5.65. The van der Waals surface area contributed by atoms with Crippen molar-refractivity contribution in [1.29, 1.82) is 0 Å². The standard InChI is InChI=1S/C19H17NO2/c1-15-7-10-18(11-8-15)21-13-17-14-22-19(20-17)12-9-16-5-3-2-4-6-16/h2-12,14H,13H2,1H3. The first-order valence-corrected chi connectivity index (χ1v) is 7.16. The summed E-state index contributed by atoms with van der Waals surface area (Å²) in [6.07, 6.45) is 5.44. The van der Waals surface area contributed by atoms with E-state index < -0.39 is 0 Å². The van der Waals surface area contributed by atoms with Crippen LogP contribution in [-0.2, 0) is 6.61 Å². The van der Waals surface area contributed by atoms with Crippen molar-refractivity contribution >= 4 is 12.2 Å². The van der Waals surface area contributed by atoms with Gasteiger partial charge in [0.2, 0.25) is 5.89 Å². The number of hydrogen-bond donors (Lipinski definition) is 0. The molecule has 0 aliphatic heterocycles. The summed E-state index contributed by atoms with van der Waals surface area (Å²) in [6, 6.07) is 18.0. The zero-order chi connectivity index (χ0) is 15.2. The van der Waals surface area contributed by atoms with Crippen LogP contribution in [0.25, 0.3) is 12.2 Å². The lowest BCUT2D eigenvalue weighted by Gasteiger charge is -2.03. The van der Waals surface area contributed by atoms with Crippen molar-refractivity contribution in [2.24, 2.45) is 0 Å². The van der Waals surface area contributed by atoms with Crippen LogP contribution in [0, 0.1) is 6.92 Å². The molecule has 0 bridgehead atoms. The first-order chi connectivity index (χ1) is 10.8. The number of aromatic nitrogens is 1. The van der Waals surface area contributed by atoms with Gasteiger partial charge in [-0.05, 0) is 30.7 Å². The molecule has 110 valence electrons. The summed E-state index contributed by atoms with van der Waals surface area (Å²) >= 11 is 0. The van der Waals surface area contributed by atoms with Crippen LogP contribution >= 0.6 is 0 Å². The van der Waals surface area contributed by atoms with Crippen molar-refractivity contribution in [2.75, 3.05) is 0 Å². The van der Waals surface area contributed by atoms with E-state index in [4.69, 9.17) is 9.15 Å². The van der Waals surface area contributed by atoms with Gasteiger partial charge in [-0.2, -0.15) is 0 Å². The highest BCUT2D eigenvalue weighted by Gasteiger charge is 2.02. The molecule has 0 aliphatic carbocycles. The Balaban J connectivity index is 1.59. The second kappa shape index (κ2) is 6.76. The van der Waals surface area contributed by atoms with Crippen LogP contribution in [0.4, 0.5) is 0 Å². The normalized spacial score (nSPS) is 11.0. The molecule has 0 saturated heterocycles. The molecule has 1 aromatic heterocycles. The quantitative estimate of drug-likeness (QED) is 0.681. The maximum atomic E-state index is 5.68. The average Bonchev–Trinajstić information content (AvgIpc) is 3.01. The number of oxazole rings is 1. The Morgan fingerprint density at radius 1 is 1.00 bits per heavy atom. The predicted molar refractivity (Wildman–Crippen MR) is 87.4 cm³/mol. The zero-order valence-electron chi connectivity index (χ0n) is 12.4. The molecule has 2 aromatic carbocycles. The lowest BCUT2D eigenvalue weighted by Crippen LogP contribution is -1.95. The Morgan fingerprint density at radius 2 is 1.77 bits per heavy atom. The molecule has 0 aliphatic rings. The van der Waals surface area contributed by atoms with Crippen molar-refractivity contribution < 1.29 is 9.15 Å². The Morgan fingerprint density at radius 3 is 2.55 bits per heavy atom. The van der Waals surface area contributed by atoms with Crippen molar-refractivity contribution in [1.82, 2.24) is 4.98 Å². The van der Waals surface area contributed by atoms with Gasteiger partial charge in [-0.25, -0.2) is 4.98 Å². The molecule has 0 fully saturated rings. The fourth-order valence-corrected chi connectivity index (χ4v) is 1.99. The molecule has 3 rings (SSSR count). The van der Waals surface area contributed by atoms with E-state index in [0.29, 0.717) is 12.5 Å². The molecule has 0 radical (unpaired) electrons. The van der Waals surface area contributed by atoms with Gasteiger partial charge in [0.25, 0.3) is 0 Å². The third-order valence-electron chi connectivity index (χ3n) is 3.20. The van der Waals surface area contributed by atoms with Crippen LogP contribution in [0.5, 0.6) is 5.75 Å². The minimum absolute atomic E-state index is 0.395. The minimum atomic E-state index is 0.395. The fourth-order valence-electron chi connectivity index (χ4n) is 1.99. The summed E-state index contributed by atoms with van der Waals surface area (Å²) in [7, 11) is 0. The van der Waals surface area contributed by atoms with Gasteiger partial charge in [-0.1, -0.05) is 48.0 Å². The molecule has 3 nitrogen and oxygen atoms in total. The molecule has 3 heteroatoms. The Kier molecular flexibility index (Phi) is 4.35. The van der Waals surface area contributed by atoms with E-state index in [9.17, 15) is 0 Å². The minimum Gasteiger partial charge on any atom is -0.487 e. The second-order valence-electron chi connectivity index (χ2n) is 5.02. The van der Waals surface area contributed by atoms with Crippen LogP contribution in [0.2, 0.25) is 0 Å². The van der Waals surface area contributed by atoms with E-state index >= 15 is 0 Å². The van der Waals surface area contributed by atoms with Crippen LogP contribution in [-0.4, -0.2) is 4.98 Å². The van der Waals surface area contributed by atoms with E-state index in [1.807, 2.05) is 73.7 Å². The fraction of sp³-hybridized carbons (Fsp3) is 0.105. The third kappa shape index (κ3) is 3.85. The van der Waals surface area contributed by atoms with Crippen molar-refractivity contribution in [3.63, 3.8) is 0 Å². The predicted octanol–water partition coefficient (Wildman–Crippen LogP) is 4.73. The Labute approximate surface area is 129 Å². The SMILES string of the molecule is Cc1ccc(OCc2coc(C=Cc3ccccc3)n2)cc1. The van der Waals surface area contributed by atoms with Gasteiger partial charge in [-0.15, -0.1) is 0 Å². The van der Waals surface area contributed by atoms with Crippen LogP contribution in [0.3, 0.4) is 0 Å². The van der Waals surface area contributed by atoms with Crippen molar-refractivity contribution in [2.45, 2.75) is 13.5 Å². The molecular formula is C19H17NO2. The highest BCUT2D eigenvalue weighted by Crippen LogP contribution is 2.14. The first kappa shape index (κ1) is 14.1. The number of rotatable bonds is 5. The molecular weight excluding hydrogens is 274 g/mol. The van der Waals surface area contributed by atoms with E-state index in [1.54, 1.807) is 6.26 Å². The third-order valence-corrected chi connectivity index (χ3v) is 3.20. The van der Waals surface area contributed by atoms with Crippen LogP contribution in [0.15, 0.2) is 65.3 Å². The molecule has 0 spiro atoms. The van der Waals surface area contributed by atoms with Gasteiger partial charge in [0.1, 0.15) is 24.3 Å². The van der Waals surface area contributed by atoms with Crippen LogP contribution in [0.1, 0.15) is 22.7 Å². The molecule has 0 amide bonds. The highest BCUT2D eigenvalue weighted by atomic mass is 16.5. The Hall–Kier alpha value is -2.81. The van der Waals surface area contributed by atoms with Crippen LogP contribution < -0.4 is 4.74 Å². The summed E-state index contributed by atoms with van der Waals surface area (Å²) in [6.45, 7) is 2.44. The van der Waals surface area contributed by atoms with Gasteiger partial charge in [0, 0.05) is 6.08 Å². The van der Waals surface area contributed by atoms with Gasteiger partial charge < -0.3 is 9.15 Å². The van der Waals surface area contributed by atoms with Gasteiger partial charge in [0.15, 0.2) is 0 Å². The van der Waals surface area contributed by atoms with Crippen molar-refractivity contribution in [3.05, 3.63) is 83.6 Å². The lowest BCUT2D eigenvalue weighted by molar-refractivity contribution is 0.301. The largest absolute Gasteiger partial charge is 0.487 e. The summed E-state index contributed by atoms with van der Waals surface area (Å²) in [5, 5.41) is 0. The van der Waals surface area contributed by atoms with E-state index in [0.717, 1.165) is 17.0 Å². The molecule has 0 saturated carbocycles. The zero-order valence-corrected chi connectivity index (χ0v) is 12.4. The van der Waals surface area contributed by atoms with Gasteiger partial charge >= 0.3 is 0 Å². The van der Waals surface area contributed by atoms with Gasteiger partial charge in [0.05, 0.1) is 0 Å². The van der Waals surface area contributed by atoms with E-state index in [-0.39, 0.29) is 0 Å². The number of aryl methyl sites for hydroxylation is 1. The number of ether oxygens (including phenoxy) is 1. The summed E-state index contributed by atoms with van der Waals surface area (Å²) < 4.78 is 11.1. The molecule has 1 heterocycles. The number of hydrogen-bond acceptors (Lipinski definition) is 3. The topological polar surface area (TPSA) is 35.3 Å². The maximum Gasteiger partial charge on any atom is 0.218 e. The monoisotopic (exact) mass is 291 g/mol.